The highest BCUT2D eigenvalue weighted by Gasteiger charge is 2.45. The highest BCUT2D eigenvalue weighted by molar-refractivity contribution is 7.16. The number of alkyl halides is 1. The normalized spacial score (nSPS) is 25.1. The van der Waals surface area contributed by atoms with Crippen LogP contribution < -0.4 is 10.6 Å². The Kier molecular flexibility index (Phi) is 7.42. The molecule has 6 rings (SSSR count). The first-order chi connectivity index (χ1) is 18.8. The molecule has 3 atom stereocenters. The summed E-state index contributed by atoms with van der Waals surface area (Å²) in [4.78, 5) is 24.9. The van der Waals surface area contributed by atoms with Gasteiger partial charge >= 0.3 is 0 Å². The molecule has 2 N–H and O–H groups in total. The number of carbonyl (C=O) groups is 1. The zero-order chi connectivity index (χ0) is 27.1. The Morgan fingerprint density at radius 2 is 2.23 bits per heavy atom. The fraction of sp³-hybridized carbons (Fsp3) is 0.500. The van der Waals surface area contributed by atoms with E-state index < -0.39 is 5.00 Å². The van der Waals surface area contributed by atoms with Crippen LogP contribution in [0.3, 0.4) is 0 Å². The molecule has 1 amide bonds. The van der Waals surface area contributed by atoms with Gasteiger partial charge in [0.2, 0.25) is 4.96 Å². The maximum atomic E-state index is 13.9. The van der Waals surface area contributed by atoms with Gasteiger partial charge in [0.25, 0.3) is 5.91 Å². The molecule has 208 valence electrons. The second-order valence-corrected chi connectivity index (χ2v) is 13.1. The van der Waals surface area contributed by atoms with Crippen LogP contribution in [0.1, 0.15) is 32.2 Å². The lowest BCUT2D eigenvalue weighted by Gasteiger charge is -2.40. The van der Waals surface area contributed by atoms with Gasteiger partial charge in [-0.3, -0.25) is 4.79 Å². The summed E-state index contributed by atoms with van der Waals surface area (Å²) in [7, 11) is 4.11. The first-order valence-electron chi connectivity index (χ1n) is 13.0. The van der Waals surface area contributed by atoms with Crippen molar-refractivity contribution < 1.29 is 14.3 Å². The van der Waals surface area contributed by atoms with Crippen LogP contribution in [0.4, 0.5) is 0 Å². The lowest BCUT2D eigenvalue weighted by atomic mass is 10.0. The first-order valence-corrected chi connectivity index (χ1v) is 15.0. The SMILES string of the molecule is Cc1nn2c3c(nc2s1)CCN(C(=O)COC1=CC=CNC1(Cl)C1CNCCO1)C3c1ccc(CN(C)C)s1. The van der Waals surface area contributed by atoms with Crippen LogP contribution >= 0.6 is 34.3 Å². The Hall–Kier alpha value is -2.48. The summed E-state index contributed by atoms with van der Waals surface area (Å²) >= 11 is 10.3. The van der Waals surface area contributed by atoms with E-state index in [4.69, 9.17) is 31.2 Å². The highest BCUT2D eigenvalue weighted by Crippen LogP contribution is 2.40. The summed E-state index contributed by atoms with van der Waals surface area (Å²) in [5.41, 5.74) is 1.96. The number of imidazole rings is 1. The average Bonchev–Trinajstić information content (AvgIpc) is 3.62. The predicted octanol–water partition coefficient (Wildman–Crippen LogP) is 2.64. The molecule has 0 aliphatic carbocycles. The monoisotopic (exact) mass is 589 g/mol. The van der Waals surface area contributed by atoms with Gasteiger partial charge < -0.3 is 29.9 Å². The minimum Gasteiger partial charge on any atom is -0.484 e. The molecule has 1 saturated heterocycles. The van der Waals surface area contributed by atoms with Gasteiger partial charge in [0, 0.05) is 42.4 Å². The number of dihydropyridines is 1. The van der Waals surface area contributed by atoms with Crippen molar-refractivity contribution >= 4 is 45.1 Å². The number of carbonyl (C=O) groups excluding carboxylic acids is 1. The molecule has 3 aliphatic rings. The topological polar surface area (TPSA) is 96.3 Å². The molecule has 0 radical (unpaired) electrons. The van der Waals surface area contributed by atoms with Gasteiger partial charge in [0.15, 0.2) is 11.6 Å². The number of allylic oxidation sites excluding steroid dienone is 2. The smallest absolute Gasteiger partial charge is 0.261 e. The molecule has 0 aromatic carbocycles. The Morgan fingerprint density at radius 3 is 3.03 bits per heavy atom. The van der Waals surface area contributed by atoms with Crippen molar-refractivity contribution in [1.82, 2.24) is 35.0 Å². The van der Waals surface area contributed by atoms with Crippen LogP contribution in [0.25, 0.3) is 4.96 Å². The van der Waals surface area contributed by atoms with Crippen LogP contribution in [0.15, 0.2) is 36.2 Å². The van der Waals surface area contributed by atoms with Gasteiger partial charge in [-0.25, -0.2) is 9.50 Å². The number of thiophene rings is 1. The summed E-state index contributed by atoms with van der Waals surface area (Å²) in [5.74, 6) is 0.349. The zero-order valence-corrected chi connectivity index (χ0v) is 24.5. The van der Waals surface area contributed by atoms with E-state index in [-0.39, 0.29) is 24.7 Å². The van der Waals surface area contributed by atoms with Gasteiger partial charge in [-0.15, -0.1) is 11.3 Å². The maximum Gasteiger partial charge on any atom is 0.261 e. The Labute approximate surface area is 240 Å². The summed E-state index contributed by atoms with van der Waals surface area (Å²) in [6, 6.07) is 3.97. The van der Waals surface area contributed by atoms with Crippen molar-refractivity contribution in [2.45, 2.75) is 37.0 Å². The minimum absolute atomic E-state index is 0.118. The summed E-state index contributed by atoms with van der Waals surface area (Å²) < 4.78 is 14.0. The number of nitrogens with one attached hydrogen (secondary N) is 2. The molecule has 3 unspecified atom stereocenters. The lowest BCUT2D eigenvalue weighted by molar-refractivity contribution is -0.137. The number of aryl methyl sites for hydroxylation is 1. The number of halogens is 1. The van der Waals surface area contributed by atoms with Gasteiger partial charge in [-0.05, 0) is 51.5 Å². The third kappa shape index (κ3) is 5.09. The van der Waals surface area contributed by atoms with Crippen LogP contribution in [0.2, 0.25) is 0 Å². The van der Waals surface area contributed by atoms with Crippen molar-refractivity contribution in [2.24, 2.45) is 0 Å². The van der Waals surface area contributed by atoms with Crippen molar-refractivity contribution in [3.63, 3.8) is 0 Å². The van der Waals surface area contributed by atoms with Gasteiger partial charge in [-0.2, -0.15) is 5.10 Å². The van der Waals surface area contributed by atoms with Crippen molar-refractivity contribution in [1.29, 1.82) is 0 Å². The first kappa shape index (κ1) is 26.7. The van der Waals surface area contributed by atoms with Crippen LogP contribution in [-0.4, -0.2) is 88.4 Å². The van der Waals surface area contributed by atoms with E-state index in [2.05, 4.69) is 41.8 Å². The zero-order valence-electron chi connectivity index (χ0n) is 22.1. The number of ether oxygens (including phenoxy) is 2. The fourth-order valence-corrected chi connectivity index (χ4v) is 7.64. The largest absolute Gasteiger partial charge is 0.484 e. The van der Waals surface area contributed by atoms with E-state index in [0.717, 1.165) is 39.3 Å². The molecule has 13 heteroatoms. The van der Waals surface area contributed by atoms with Crippen molar-refractivity contribution in [2.75, 3.05) is 46.9 Å². The molecule has 0 saturated carbocycles. The molecular formula is C26H32ClN7O3S2. The summed E-state index contributed by atoms with van der Waals surface area (Å²) in [5, 5.41) is 12.2. The molecular weight excluding hydrogens is 558 g/mol. The van der Waals surface area contributed by atoms with E-state index in [1.807, 2.05) is 22.4 Å². The molecule has 0 bridgehead atoms. The van der Waals surface area contributed by atoms with Crippen molar-refractivity contribution in [3.05, 3.63) is 62.4 Å². The van der Waals surface area contributed by atoms with E-state index in [1.54, 1.807) is 34.9 Å². The fourth-order valence-electron chi connectivity index (χ4n) is 5.30. The molecule has 6 heterocycles. The number of hydrogen-bond acceptors (Lipinski definition) is 10. The molecule has 10 nitrogen and oxygen atoms in total. The number of fused-ring (bicyclic) bond motifs is 3. The number of morpholine rings is 1. The highest BCUT2D eigenvalue weighted by atomic mass is 35.5. The third-order valence-electron chi connectivity index (χ3n) is 7.04. The van der Waals surface area contributed by atoms with Gasteiger partial charge in [0.05, 0.1) is 18.0 Å². The van der Waals surface area contributed by atoms with Crippen LogP contribution in [0, 0.1) is 6.92 Å². The van der Waals surface area contributed by atoms with Crippen LogP contribution in [-0.2, 0) is 27.2 Å². The van der Waals surface area contributed by atoms with E-state index in [9.17, 15) is 4.79 Å². The Bertz CT molecular complexity index is 1420. The van der Waals surface area contributed by atoms with Gasteiger partial charge in [-0.1, -0.05) is 22.9 Å². The second kappa shape index (κ2) is 10.8. The second-order valence-electron chi connectivity index (χ2n) is 10.1. The number of hydrogen-bond donors (Lipinski definition) is 2. The van der Waals surface area contributed by atoms with E-state index in [0.29, 0.717) is 31.9 Å². The molecule has 1 fully saturated rings. The third-order valence-corrected chi connectivity index (χ3v) is 9.52. The Morgan fingerprint density at radius 1 is 1.36 bits per heavy atom. The average molecular weight is 590 g/mol. The molecule has 0 spiro atoms. The Balaban J connectivity index is 1.28. The van der Waals surface area contributed by atoms with Crippen LogP contribution in [0.5, 0.6) is 0 Å². The number of amides is 1. The number of nitrogens with zero attached hydrogens (tertiary/aromatic N) is 5. The number of aromatic nitrogens is 3. The standard InChI is InChI=1S/C26H32ClN7O3S2/c1-16-31-34-23-18(30-25(34)38-16)8-11-33(24(23)19-7-6-17(39-19)14-32(2)3)22(35)15-37-20-5-4-9-29-26(20,27)21-13-28-10-12-36-21/h4-7,9,21,24,28-29H,8,10-15H2,1-3H3. The molecule has 3 aliphatic heterocycles. The molecule has 39 heavy (non-hydrogen) atoms. The number of rotatable bonds is 7. The minimum atomic E-state index is -1.10. The predicted molar refractivity (Wildman–Crippen MR) is 152 cm³/mol. The summed E-state index contributed by atoms with van der Waals surface area (Å²) in [6.45, 7) is 5.12. The van der Waals surface area contributed by atoms with E-state index in [1.165, 1.54) is 4.88 Å². The quantitative estimate of drug-likeness (QED) is 0.321. The summed E-state index contributed by atoms with van der Waals surface area (Å²) in [6.07, 6.45) is 5.70. The molecule has 3 aromatic rings. The van der Waals surface area contributed by atoms with Crippen molar-refractivity contribution in [3.8, 4) is 0 Å². The van der Waals surface area contributed by atoms with E-state index >= 15 is 0 Å². The maximum absolute atomic E-state index is 13.9. The lowest BCUT2D eigenvalue weighted by Crippen LogP contribution is -2.58. The molecule has 3 aromatic heterocycles. The van der Waals surface area contributed by atoms with Gasteiger partial charge in [0.1, 0.15) is 22.9 Å².